The highest BCUT2D eigenvalue weighted by Crippen LogP contribution is 2.22. The molecule has 1 fully saturated rings. The Labute approximate surface area is 140 Å². The van der Waals surface area contributed by atoms with Gasteiger partial charge in [0.15, 0.2) is 0 Å². The third-order valence-corrected chi connectivity index (χ3v) is 5.74. The number of nitrogens with zero attached hydrogens (tertiary/aromatic N) is 3. The summed E-state index contributed by atoms with van der Waals surface area (Å²) in [5, 5.41) is 2.68. The lowest BCUT2D eigenvalue weighted by Gasteiger charge is -2.15. The van der Waals surface area contributed by atoms with E-state index in [-0.39, 0.29) is 10.6 Å². The maximum absolute atomic E-state index is 12.4. The highest BCUT2D eigenvalue weighted by Gasteiger charge is 2.26. The van der Waals surface area contributed by atoms with Crippen molar-refractivity contribution in [3.05, 3.63) is 48.0 Å². The molecule has 0 saturated carbocycles. The largest absolute Gasteiger partial charge is 0.321 e. The third-order valence-electron chi connectivity index (χ3n) is 3.83. The van der Waals surface area contributed by atoms with Gasteiger partial charge in [-0.3, -0.25) is 9.78 Å². The number of carbonyl (C=O) groups excluding carboxylic acids is 1. The smallest absolute Gasteiger partial charge is 0.275 e. The number of benzene rings is 1. The van der Waals surface area contributed by atoms with Gasteiger partial charge in [-0.25, -0.2) is 13.4 Å². The zero-order valence-corrected chi connectivity index (χ0v) is 14.1. The quantitative estimate of drug-likeness (QED) is 0.912. The van der Waals surface area contributed by atoms with E-state index in [2.05, 4.69) is 15.3 Å². The molecule has 1 N–H and O–H groups in total. The summed E-state index contributed by atoms with van der Waals surface area (Å²) in [5.74, 6) is -0.391. The van der Waals surface area contributed by atoms with Gasteiger partial charge in [0, 0.05) is 25.0 Å². The minimum absolute atomic E-state index is 0.203. The Bertz CT molecular complexity index is 827. The molecule has 1 amide bonds. The minimum atomic E-state index is -3.44. The predicted octanol–water partition coefficient (Wildman–Crippen LogP) is 1.82. The van der Waals surface area contributed by atoms with Crippen LogP contribution in [0.5, 0.6) is 0 Å². The van der Waals surface area contributed by atoms with Crippen molar-refractivity contribution >= 4 is 21.6 Å². The molecular formula is C16H18N4O3S. The van der Waals surface area contributed by atoms with Gasteiger partial charge in [0.2, 0.25) is 10.0 Å². The molecule has 0 atom stereocenters. The number of aromatic nitrogens is 2. The van der Waals surface area contributed by atoms with E-state index in [1.807, 2.05) is 0 Å². The Hall–Kier alpha value is -2.32. The molecule has 1 aliphatic heterocycles. The lowest BCUT2D eigenvalue weighted by atomic mass is 10.3. The van der Waals surface area contributed by atoms with Crippen LogP contribution < -0.4 is 5.32 Å². The first-order chi connectivity index (χ1) is 11.5. The van der Waals surface area contributed by atoms with Crippen LogP contribution in [0.3, 0.4) is 0 Å². The molecule has 1 aliphatic rings. The van der Waals surface area contributed by atoms with Crippen LogP contribution in [0, 0.1) is 6.92 Å². The molecule has 0 bridgehead atoms. The molecule has 0 spiro atoms. The van der Waals surface area contributed by atoms with Crippen molar-refractivity contribution in [2.75, 3.05) is 18.4 Å². The molecule has 0 unspecified atom stereocenters. The normalized spacial score (nSPS) is 15.4. The maximum atomic E-state index is 12.4. The number of sulfonamides is 1. The average Bonchev–Trinajstić information content (AvgIpc) is 3.11. The number of nitrogens with one attached hydrogen (secondary N) is 1. The molecule has 3 rings (SSSR count). The van der Waals surface area contributed by atoms with Crippen LogP contribution in [0.1, 0.15) is 29.0 Å². The lowest BCUT2D eigenvalue weighted by Crippen LogP contribution is -2.27. The molecule has 126 valence electrons. The monoisotopic (exact) mass is 346 g/mol. The van der Waals surface area contributed by atoms with E-state index in [0.717, 1.165) is 18.5 Å². The Morgan fingerprint density at radius 3 is 2.33 bits per heavy atom. The number of aryl methyl sites for hydroxylation is 1. The summed E-state index contributed by atoms with van der Waals surface area (Å²) < 4.78 is 26.4. The summed E-state index contributed by atoms with van der Waals surface area (Å²) in [5.41, 5.74) is 1.43. The van der Waals surface area contributed by atoms with Crippen molar-refractivity contribution in [2.45, 2.75) is 24.7 Å². The van der Waals surface area contributed by atoms with Crippen LogP contribution >= 0.6 is 0 Å². The van der Waals surface area contributed by atoms with Crippen LogP contribution in [-0.4, -0.2) is 41.7 Å². The van der Waals surface area contributed by atoms with Crippen molar-refractivity contribution in [2.24, 2.45) is 0 Å². The molecule has 1 saturated heterocycles. The number of amides is 1. The predicted molar refractivity (Wildman–Crippen MR) is 89.2 cm³/mol. The van der Waals surface area contributed by atoms with Crippen LogP contribution in [-0.2, 0) is 10.0 Å². The Morgan fingerprint density at radius 2 is 1.75 bits per heavy atom. The van der Waals surface area contributed by atoms with E-state index in [9.17, 15) is 13.2 Å². The van der Waals surface area contributed by atoms with E-state index >= 15 is 0 Å². The van der Waals surface area contributed by atoms with Crippen molar-refractivity contribution in [1.29, 1.82) is 0 Å². The average molecular weight is 346 g/mol. The summed E-state index contributed by atoms with van der Waals surface area (Å²) in [6, 6.07) is 6.15. The van der Waals surface area contributed by atoms with Crippen LogP contribution in [0.2, 0.25) is 0 Å². The first-order valence-electron chi connectivity index (χ1n) is 7.67. The molecule has 0 radical (unpaired) electrons. The molecule has 1 aromatic carbocycles. The van der Waals surface area contributed by atoms with Crippen molar-refractivity contribution < 1.29 is 13.2 Å². The number of carbonyl (C=O) groups is 1. The van der Waals surface area contributed by atoms with Gasteiger partial charge in [-0.1, -0.05) is 0 Å². The number of hydrogen-bond acceptors (Lipinski definition) is 5. The van der Waals surface area contributed by atoms with Gasteiger partial charge in [0.25, 0.3) is 5.91 Å². The van der Waals surface area contributed by atoms with Gasteiger partial charge in [-0.2, -0.15) is 4.31 Å². The third kappa shape index (κ3) is 3.44. The molecule has 2 heterocycles. The van der Waals surface area contributed by atoms with Gasteiger partial charge in [-0.15, -0.1) is 0 Å². The molecule has 7 nitrogen and oxygen atoms in total. The fourth-order valence-electron chi connectivity index (χ4n) is 2.49. The van der Waals surface area contributed by atoms with Gasteiger partial charge in [0.05, 0.1) is 16.8 Å². The number of rotatable bonds is 4. The second-order valence-corrected chi connectivity index (χ2v) is 7.57. The lowest BCUT2D eigenvalue weighted by molar-refractivity contribution is 0.102. The first-order valence-corrected chi connectivity index (χ1v) is 9.11. The molecule has 2 aromatic rings. The standard InChI is InChI=1S/C16H18N4O3S/c1-12-10-18-15(11-17-12)16(21)19-13-4-6-14(7-5-13)24(22,23)20-8-2-3-9-20/h4-7,10-11H,2-3,8-9H2,1H3,(H,19,21). The Kier molecular flexibility index (Phi) is 4.59. The van der Waals surface area contributed by atoms with Crippen molar-refractivity contribution in [3.63, 3.8) is 0 Å². The zero-order chi connectivity index (χ0) is 17.2. The van der Waals surface area contributed by atoms with Gasteiger partial charge in [-0.05, 0) is 44.0 Å². The van der Waals surface area contributed by atoms with Crippen molar-refractivity contribution in [3.8, 4) is 0 Å². The summed E-state index contributed by atoms with van der Waals surface area (Å²) in [6.45, 7) is 2.91. The highest BCUT2D eigenvalue weighted by molar-refractivity contribution is 7.89. The van der Waals surface area contributed by atoms with Gasteiger partial charge < -0.3 is 5.32 Å². The van der Waals surface area contributed by atoms with Crippen LogP contribution in [0.25, 0.3) is 0 Å². The van der Waals surface area contributed by atoms with Gasteiger partial charge >= 0.3 is 0 Å². The minimum Gasteiger partial charge on any atom is -0.321 e. The van der Waals surface area contributed by atoms with Crippen LogP contribution in [0.4, 0.5) is 5.69 Å². The Balaban J connectivity index is 1.72. The second kappa shape index (κ2) is 6.66. The topological polar surface area (TPSA) is 92.3 Å². The van der Waals surface area contributed by atoms with Crippen molar-refractivity contribution in [1.82, 2.24) is 14.3 Å². The molecule has 1 aromatic heterocycles. The second-order valence-electron chi connectivity index (χ2n) is 5.63. The van der Waals surface area contributed by atoms with Gasteiger partial charge in [0.1, 0.15) is 5.69 Å². The number of hydrogen-bond donors (Lipinski definition) is 1. The molecule has 0 aliphatic carbocycles. The van der Waals surface area contributed by atoms with E-state index < -0.39 is 15.9 Å². The van der Waals surface area contributed by atoms with E-state index in [1.54, 1.807) is 19.1 Å². The summed E-state index contributed by atoms with van der Waals surface area (Å²) in [4.78, 5) is 20.3. The van der Waals surface area contributed by atoms with E-state index in [1.165, 1.54) is 28.8 Å². The van der Waals surface area contributed by atoms with E-state index in [4.69, 9.17) is 0 Å². The Morgan fingerprint density at radius 1 is 1.08 bits per heavy atom. The summed E-state index contributed by atoms with van der Waals surface area (Å²) in [7, 11) is -3.44. The highest BCUT2D eigenvalue weighted by atomic mass is 32.2. The fourth-order valence-corrected chi connectivity index (χ4v) is 4.01. The zero-order valence-electron chi connectivity index (χ0n) is 13.3. The maximum Gasteiger partial charge on any atom is 0.275 e. The number of anilines is 1. The summed E-state index contributed by atoms with van der Waals surface area (Å²) >= 11 is 0. The van der Waals surface area contributed by atoms with E-state index in [0.29, 0.717) is 18.8 Å². The van der Waals surface area contributed by atoms with Crippen LogP contribution in [0.15, 0.2) is 41.6 Å². The molecule has 24 heavy (non-hydrogen) atoms. The molecular weight excluding hydrogens is 328 g/mol. The fraction of sp³-hybridized carbons (Fsp3) is 0.312. The SMILES string of the molecule is Cc1cnc(C(=O)Nc2ccc(S(=O)(=O)N3CCCC3)cc2)cn1. The molecule has 8 heteroatoms. The first kappa shape index (κ1) is 16.5. The summed E-state index contributed by atoms with van der Waals surface area (Å²) in [6.07, 6.45) is 4.70.